The molecule has 0 saturated heterocycles. The van der Waals surface area contributed by atoms with Gasteiger partial charge in [0.2, 0.25) is 5.91 Å². The van der Waals surface area contributed by atoms with Crippen LogP contribution in [-0.4, -0.2) is 5.91 Å². The van der Waals surface area contributed by atoms with E-state index in [2.05, 4.69) is 33.4 Å². The van der Waals surface area contributed by atoms with Crippen LogP contribution >= 0.6 is 27.7 Å². The zero-order valence-electron chi connectivity index (χ0n) is 10.5. The number of hydrogen-bond donors (Lipinski definition) is 1. The van der Waals surface area contributed by atoms with Crippen LogP contribution in [0.15, 0.2) is 57.9 Å². The van der Waals surface area contributed by atoms with E-state index in [1.165, 1.54) is 12.5 Å². The fourth-order valence-corrected chi connectivity index (χ4v) is 2.86. The Morgan fingerprint density at radius 1 is 1.16 bits per heavy atom. The number of halogens is 1. The second kappa shape index (κ2) is 6.78. The van der Waals surface area contributed by atoms with Gasteiger partial charge in [0.25, 0.3) is 0 Å². The first-order valence-corrected chi connectivity index (χ1v) is 7.67. The monoisotopic (exact) mass is 335 g/mol. The Kier molecular flexibility index (Phi) is 5.05. The van der Waals surface area contributed by atoms with Crippen molar-refractivity contribution in [3.05, 3.63) is 58.6 Å². The zero-order valence-corrected chi connectivity index (χ0v) is 12.9. The first kappa shape index (κ1) is 14.2. The lowest BCUT2D eigenvalue weighted by atomic mass is 10.2. The lowest BCUT2D eigenvalue weighted by molar-refractivity contribution is -0.114. The fraction of sp³-hybridized carbons (Fsp3) is 0.133. The maximum atomic E-state index is 11.2. The molecule has 2 rings (SSSR count). The van der Waals surface area contributed by atoms with Crippen LogP contribution in [0.3, 0.4) is 0 Å². The molecular formula is C15H14BrNOS. The van der Waals surface area contributed by atoms with Gasteiger partial charge in [-0.25, -0.2) is 0 Å². The van der Waals surface area contributed by atoms with Crippen LogP contribution in [0.4, 0.5) is 5.69 Å². The van der Waals surface area contributed by atoms with Gasteiger partial charge in [0.05, 0.1) is 5.69 Å². The molecule has 1 amide bonds. The highest BCUT2D eigenvalue weighted by Gasteiger charge is 2.04. The van der Waals surface area contributed by atoms with E-state index in [1.54, 1.807) is 11.8 Å². The van der Waals surface area contributed by atoms with Gasteiger partial charge in [-0.2, -0.15) is 0 Å². The van der Waals surface area contributed by atoms with Crippen LogP contribution in [0.5, 0.6) is 0 Å². The molecule has 98 valence electrons. The largest absolute Gasteiger partial charge is 0.325 e. The number of rotatable bonds is 4. The van der Waals surface area contributed by atoms with Crippen LogP contribution < -0.4 is 5.32 Å². The molecule has 0 spiro atoms. The lowest BCUT2D eigenvalue weighted by Crippen LogP contribution is -2.06. The second-order valence-electron chi connectivity index (χ2n) is 4.09. The van der Waals surface area contributed by atoms with Crippen molar-refractivity contribution >= 4 is 39.3 Å². The molecule has 0 saturated carbocycles. The van der Waals surface area contributed by atoms with E-state index in [-0.39, 0.29) is 5.91 Å². The predicted molar refractivity (Wildman–Crippen MR) is 84.4 cm³/mol. The molecule has 0 heterocycles. The number of nitrogens with one attached hydrogen (secondary N) is 1. The van der Waals surface area contributed by atoms with E-state index in [1.807, 2.05) is 36.4 Å². The van der Waals surface area contributed by atoms with Crippen LogP contribution in [0.1, 0.15) is 12.5 Å². The highest BCUT2D eigenvalue weighted by molar-refractivity contribution is 9.10. The third kappa shape index (κ3) is 4.40. The van der Waals surface area contributed by atoms with Crippen molar-refractivity contribution < 1.29 is 4.79 Å². The van der Waals surface area contributed by atoms with E-state index in [0.717, 1.165) is 20.8 Å². The smallest absolute Gasteiger partial charge is 0.221 e. The van der Waals surface area contributed by atoms with Crippen molar-refractivity contribution in [2.24, 2.45) is 0 Å². The van der Waals surface area contributed by atoms with Crippen molar-refractivity contribution in [3.8, 4) is 0 Å². The quantitative estimate of drug-likeness (QED) is 0.820. The summed E-state index contributed by atoms with van der Waals surface area (Å²) in [5.74, 6) is 0.834. The molecule has 0 aromatic heterocycles. The van der Waals surface area contributed by atoms with Gasteiger partial charge < -0.3 is 5.32 Å². The molecule has 0 bridgehead atoms. The molecule has 19 heavy (non-hydrogen) atoms. The summed E-state index contributed by atoms with van der Waals surface area (Å²) in [6, 6.07) is 16.1. The molecule has 0 aliphatic carbocycles. The molecule has 0 atom stereocenters. The van der Waals surface area contributed by atoms with Crippen LogP contribution in [-0.2, 0) is 10.5 Å². The Morgan fingerprint density at radius 2 is 1.84 bits per heavy atom. The van der Waals surface area contributed by atoms with Gasteiger partial charge in [-0.1, -0.05) is 40.2 Å². The van der Waals surface area contributed by atoms with Crippen molar-refractivity contribution in [3.63, 3.8) is 0 Å². The van der Waals surface area contributed by atoms with Gasteiger partial charge in [0.1, 0.15) is 0 Å². The molecule has 0 unspecified atom stereocenters. The molecule has 2 nitrogen and oxygen atoms in total. The molecule has 0 aliphatic heterocycles. The van der Waals surface area contributed by atoms with E-state index in [9.17, 15) is 4.79 Å². The highest BCUT2D eigenvalue weighted by atomic mass is 79.9. The fourth-order valence-electron chi connectivity index (χ4n) is 1.63. The molecule has 2 aromatic rings. The second-order valence-corrected chi connectivity index (χ2v) is 6.03. The minimum Gasteiger partial charge on any atom is -0.325 e. The Morgan fingerprint density at radius 3 is 2.53 bits per heavy atom. The number of benzene rings is 2. The van der Waals surface area contributed by atoms with Gasteiger partial charge in [-0.3, -0.25) is 4.79 Å². The highest BCUT2D eigenvalue weighted by Crippen LogP contribution is 2.30. The normalized spacial score (nSPS) is 10.2. The summed E-state index contributed by atoms with van der Waals surface area (Å²) in [6.07, 6.45) is 0. The average molecular weight is 336 g/mol. The summed E-state index contributed by atoms with van der Waals surface area (Å²) in [6.45, 7) is 1.52. The first-order valence-electron chi connectivity index (χ1n) is 5.89. The van der Waals surface area contributed by atoms with Gasteiger partial charge in [-0.15, -0.1) is 11.8 Å². The van der Waals surface area contributed by atoms with Gasteiger partial charge in [-0.05, 0) is 29.8 Å². The Hall–Kier alpha value is -1.26. The average Bonchev–Trinajstić information content (AvgIpc) is 2.39. The van der Waals surface area contributed by atoms with E-state index in [4.69, 9.17) is 0 Å². The van der Waals surface area contributed by atoms with E-state index >= 15 is 0 Å². The first-order chi connectivity index (χ1) is 9.15. The molecule has 0 radical (unpaired) electrons. The minimum atomic E-state index is -0.0447. The Bertz CT molecular complexity index is 569. The maximum Gasteiger partial charge on any atom is 0.221 e. The third-order valence-electron chi connectivity index (χ3n) is 2.51. The Labute approximate surface area is 125 Å². The summed E-state index contributed by atoms with van der Waals surface area (Å²) in [5, 5.41) is 2.85. The van der Waals surface area contributed by atoms with Crippen molar-refractivity contribution in [2.75, 3.05) is 5.32 Å². The molecular weight excluding hydrogens is 322 g/mol. The zero-order chi connectivity index (χ0) is 13.7. The van der Waals surface area contributed by atoms with E-state index in [0.29, 0.717) is 0 Å². The topological polar surface area (TPSA) is 29.1 Å². The van der Waals surface area contributed by atoms with Crippen molar-refractivity contribution in [1.82, 2.24) is 0 Å². The van der Waals surface area contributed by atoms with Gasteiger partial charge in [0, 0.05) is 22.0 Å². The molecule has 2 aromatic carbocycles. The molecule has 0 aliphatic rings. The number of para-hydroxylation sites is 1. The molecule has 1 N–H and O–H groups in total. The van der Waals surface area contributed by atoms with Crippen molar-refractivity contribution in [2.45, 2.75) is 17.6 Å². The van der Waals surface area contributed by atoms with Gasteiger partial charge in [0.15, 0.2) is 0 Å². The number of anilines is 1. The molecule has 0 fully saturated rings. The summed E-state index contributed by atoms with van der Waals surface area (Å²) >= 11 is 5.14. The number of thioether (sulfide) groups is 1. The van der Waals surface area contributed by atoms with Crippen LogP contribution in [0, 0.1) is 0 Å². The van der Waals surface area contributed by atoms with E-state index < -0.39 is 0 Å². The standard InChI is InChI=1S/C15H14BrNOS/c1-11(18)17-14-4-2-3-5-15(14)19-10-12-6-8-13(16)9-7-12/h2-9H,10H2,1H3,(H,17,18). The summed E-state index contributed by atoms with van der Waals surface area (Å²) in [5.41, 5.74) is 2.13. The maximum absolute atomic E-state index is 11.2. The number of hydrogen-bond acceptors (Lipinski definition) is 2. The lowest BCUT2D eigenvalue weighted by Gasteiger charge is -2.09. The SMILES string of the molecule is CC(=O)Nc1ccccc1SCc1ccc(Br)cc1. The summed E-state index contributed by atoms with van der Waals surface area (Å²) in [7, 11) is 0. The number of carbonyl (C=O) groups is 1. The predicted octanol–water partition coefficient (Wildman–Crippen LogP) is 4.70. The van der Waals surface area contributed by atoms with Crippen LogP contribution in [0.25, 0.3) is 0 Å². The van der Waals surface area contributed by atoms with Crippen molar-refractivity contribution in [1.29, 1.82) is 0 Å². The molecule has 4 heteroatoms. The van der Waals surface area contributed by atoms with Crippen LogP contribution in [0.2, 0.25) is 0 Å². The Balaban J connectivity index is 2.06. The number of amides is 1. The number of carbonyl (C=O) groups excluding carboxylic acids is 1. The minimum absolute atomic E-state index is 0.0447. The summed E-state index contributed by atoms with van der Waals surface area (Å²) in [4.78, 5) is 12.2. The summed E-state index contributed by atoms with van der Waals surface area (Å²) < 4.78 is 1.08. The van der Waals surface area contributed by atoms with Gasteiger partial charge >= 0.3 is 0 Å². The third-order valence-corrected chi connectivity index (χ3v) is 4.18.